The third kappa shape index (κ3) is 2.50. The molecular weight excluding hydrogens is 258 g/mol. The van der Waals surface area contributed by atoms with Gasteiger partial charge in [-0.15, -0.1) is 21.5 Å². The highest BCUT2D eigenvalue weighted by molar-refractivity contribution is 7.98. The number of thiophene rings is 1. The summed E-state index contributed by atoms with van der Waals surface area (Å²) in [5.74, 6) is 0.568. The summed E-state index contributed by atoms with van der Waals surface area (Å²) < 4.78 is 1.89. The molecule has 0 amide bonds. The highest BCUT2D eigenvalue weighted by atomic mass is 32.2. The summed E-state index contributed by atoms with van der Waals surface area (Å²) in [7, 11) is 1.89. The third-order valence-electron chi connectivity index (χ3n) is 2.35. The van der Waals surface area contributed by atoms with Crippen molar-refractivity contribution in [2.24, 2.45) is 7.05 Å². The van der Waals surface area contributed by atoms with Gasteiger partial charge in [-0.05, 0) is 23.9 Å². The predicted octanol–water partition coefficient (Wildman–Crippen LogP) is 2.18. The van der Waals surface area contributed by atoms with Crippen LogP contribution in [0.15, 0.2) is 16.6 Å². The van der Waals surface area contributed by atoms with E-state index in [9.17, 15) is 4.79 Å². The number of aryl methyl sites for hydroxylation is 1. The molecule has 0 aliphatic carbocycles. The number of hydrogen-bond donors (Lipinski definition) is 1. The topological polar surface area (TPSA) is 68.0 Å². The average Bonchev–Trinajstić information content (AvgIpc) is 2.86. The van der Waals surface area contributed by atoms with Crippen molar-refractivity contribution in [2.75, 3.05) is 0 Å². The second-order valence-corrected chi connectivity index (χ2v) is 5.32. The van der Waals surface area contributed by atoms with Crippen molar-refractivity contribution in [3.8, 4) is 0 Å². The molecule has 90 valence electrons. The van der Waals surface area contributed by atoms with E-state index in [1.807, 2.05) is 24.6 Å². The van der Waals surface area contributed by atoms with Gasteiger partial charge in [0.15, 0.2) is 5.16 Å². The SMILES string of the molecule is Cc1nnc(SCc2ccsc2C(=O)O)n1C. The monoisotopic (exact) mass is 269 g/mol. The summed E-state index contributed by atoms with van der Waals surface area (Å²) in [4.78, 5) is 11.3. The summed E-state index contributed by atoms with van der Waals surface area (Å²) >= 11 is 2.74. The quantitative estimate of drug-likeness (QED) is 0.862. The van der Waals surface area contributed by atoms with Crippen LogP contribution in [0.2, 0.25) is 0 Å². The lowest BCUT2D eigenvalue weighted by molar-refractivity contribution is 0.0701. The number of aromatic nitrogens is 3. The van der Waals surface area contributed by atoms with Gasteiger partial charge in [0.05, 0.1) is 0 Å². The number of thioether (sulfide) groups is 1. The van der Waals surface area contributed by atoms with Crippen LogP contribution in [0.3, 0.4) is 0 Å². The molecule has 1 N–H and O–H groups in total. The van der Waals surface area contributed by atoms with E-state index in [0.29, 0.717) is 10.6 Å². The van der Waals surface area contributed by atoms with Gasteiger partial charge >= 0.3 is 5.97 Å². The molecule has 0 aromatic carbocycles. The normalized spacial score (nSPS) is 10.7. The fraction of sp³-hybridized carbons (Fsp3) is 0.300. The highest BCUT2D eigenvalue weighted by Crippen LogP contribution is 2.25. The molecular formula is C10H11N3O2S2. The van der Waals surface area contributed by atoms with Gasteiger partial charge in [0.2, 0.25) is 0 Å². The molecule has 0 atom stereocenters. The molecule has 0 spiro atoms. The summed E-state index contributed by atoms with van der Waals surface area (Å²) in [6, 6.07) is 1.84. The van der Waals surface area contributed by atoms with E-state index in [1.54, 1.807) is 5.38 Å². The van der Waals surface area contributed by atoms with Crippen molar-refractivity contribution in [3.05, 3.63) is 27.7 Å². The van der Waals surface area contributed by atoms with E-state index in [0.717, 1.165) is 16.5 Å². The fourth-order valence-corrected chi connectivity index (χ4v) is 3.09. The molecule has 0 saturated carbocycles. The van der Waals surface area contributed by atoms with Gasteiger partial charge in [0.25, 0.3) is 0 Å². The largest absolute Gasteiger partial charge is 0.477 e. The number of aromatic carboxylic acids is 1. The lowest BCUT2D eigenvalue weighted by Crippen LogP contribution is -1.97. The Kier molecular flexibility index (Phi) is 3.49. The maximum atomic E-state index is 10.9. The van der Waals surface area contributed by atoms with E-state index in [-0.39, 0.29) is 0 Å². The maximum absolute atomic E-state index is 10.9. The van der Waals surface area contributed by atoms with Gasteiger partial charge in [-0.1, -0.05) is 11.8 Å². The summed E-state index contributed by atoms with van der Waals surface area (Å²) in [6.07, 6.45) is 0. The first kappa shape index (κ1) is 12.1. The number of carboxylic acids is 1. The van der Waals surface area contributed by atoms with Crippen molar-refractivity contribution in [3.63, 3.8) is 0 Å². The van der Waals surface area contributed by atoms with E-state index in [1.165, 1.54) is 23.1 Å². The lowest BCUT2D eigenvalue weighted by atomic mass is 10.3. The second-order valence-electron chi connectivity index (χ2n) is 3.46. The van der Waals surface area contributed by atoms with Crippen molar-refractivity contribution in [1.82, 2.24) is 14.8 Å². The maximum Gasteiger partial charge on any atom is 0.346 e. The zero-order valence-electron chi connectivity index (χ0n) is 9.38. The Balaban J connectivity index is 2.10. The molecule has 0 fully saturated rings. The van der Waals surface area contributed by atoms with Crippen LogP contribution in [-0.2, 0) is 12.8 Å². The lowest BCUT2D eigenvalue weighted by Gasteiger charge is -2.01. The third-order valence-corrected chi connectivity index (χ3v) is 4.36. The molecule has 7 heteroatoms. The molecule has 2 aromatic heterocycles. The minimum atomic E-state index is -0.871. The van der Waals surface area contributed by atoms with Crippen LogP contribution < -0.4 is 0 Å². The number of rotatable bonds is 4. The molecule has 0 aliphatic rings. The van der Waals surface area contributed by atoms with Crippen molar-refractivity contribution in [2.45, 2.75) is 17.8 Å². The first-order chi connectivity index (χ1) is 8.09. The van der Waals surface area contributed by atoms with E-state index in [2.05, 4.69) is 10.2 Å². The predicted molar refractivity (Wildman–Crippen MR) is 66.6 cm³/mol. The van der Waals surface area contributed by atoms with E-state index in [4.69, 9.17) is 5.11 Å². The summed E-state index contributed by atoms with van der Waals surface area (Å²) in [5, 5.41) is 19.5. The van der Waals surface area contributed by atoms with Crippen LogP contribution in [0, 0.1) is 6.92 Å². The summed E-state index contributed by atoms with van der Waals surface area (Å²) in [5.41, 5.74) is 0.827. The molecule has 0 aliphatic heterocycles. The standard InChI is InChI=1S/C10H11N3O2S2/c1-6-11-12-10(13(6)2)17-5-7-3-4-16-8(7)9(14)15/h3-4H,5H2,1-2H3,(H,14,15). The number of carboxylic acid groups (broad SMARTS) is 1. The van der Waals surface area contributed by atoms with Gasteiger partial charge in [-0.2, -0.15) is 0 Å². The van der Waals surface area contributed by atoms with E-state index >= 15 is 0 Å². The number of carbonyl (C=O) groups is 1. The van der Waals surface area contributed by atoms with Crippen molar-refractivity contribution in [1.29, 1.82) is 0 Å². The Bertz CT molecular complexity index is 547. The van der Waals surface area contributed by atoms with Gasteiger partial charge < -0.3 is 9.67 Å². The van der Waals surface area contributed by atoms with Crippen LogP contribution in [0.5, 0.6) is 0 Å². The minimum Gasteiger partial charge on any atom is -0.477 e. The Labute approximate surface area is 106 Å². The van der Waals surface area contributed by atoms with Crippen molar-refractivity contribution < 1.29 is 9.90 Å². The summed E-state index contributed by atoms with van der Waals surface area (Å²) in [6.45, 7) is 1.88. The number of nitrogens with zero attached hydrogens (tertiary/aromatic N) is 3. The van der Waals surface area contributed by atoms with Crippen LogP contribution in [0.1, 0.15) is 21.1 Å². The molecule has 0 bridgehead atoms. The van der Waals surface area contributed by atoms with Crippen molar-refractivity contribution >= 4 is 29.1 Å². The number of hydrogen-bond acceptors (Lipinski definition) is 5. The Morgan fingerprint density at radius 1 is 1.59 bits per heavy atom. The minimum absolute atomic E-state index is 0.399. The molecule has 5 nitrogen and oxygen atoms in total. The second kappa shape index (κ2) is 4.89. The molecule has 17 heavy (non-hydrogen) atoms. The molecule has 0 radical (unpaired) electrons. The van der Waals surface area contributed by atoms with Crippen LogP contribution >= 0.6 is 23.1 Å². The van der Waals surface area contributed by atoms with Crippen LogP contribution in [0.4, 0.5) is 0 Å². The van der Waals surface area contributed by atoms with Gasteiger partial charge in [-0.3, -0.25) is 0 Å². The molecule has 2 aromatic rings. The van der Waals surface area contributed by atoms with Crippen LogP contribution in [-0.4, -0.2) is 25.8 Å². The van der Waals surface area contributed by atoms with Gasteiger partial charge in [0.1, 0.15) is 10.7 Å². The zero-order valence-corrected chi connectivity index (χ0v) is 11.0. The Morgan fingerprint density at radius 3 is 2.94 bits per heavy atom. The highest BCUT2D eigenvalue weighted by Gasteiger charge is 2.13. The fourth-order valence-electron chi connectivity index (χ4n) is 1.29. The zero-order chi connectivity index (χ0) is 12.4. The first-order valence-corrected chi connectivity index (χ1v) is 6.74. The van der Waals surface area contributed by atoms with Crippen LogP contribution in [0.25, 0.3) is 0 Å². The first-order valence-electron chi connectivity index (χ1n) is 4.88. The molecule has 0 saturated heterocycles. The molecule has 2 heterocycles. The smallest absolute Gasteiger partial charge is 0.346 e. The average molecular weight is 269 g/mol. The van der Waals surface area contributed by atoms with Gasteiger partial charge in [0, 0.05) is 12.8 Å². The Hall–Kier alpha value is -1.34. The Morgan fingerprint density at radius 2 is 2.35 bits per heavy atom. The van der Waals surface area contributed by atoms with E-state index < -0.39 is 5.97 Å². The molecule has 2 rings (SSSR count). The van der Waals surface area contributed by atoms with Gasteiger partial charge in [-0.25, -0.2) is 4.79 Å². The molecule has 0 unspecified atom stereocenters.